The van der Waals surface area contributed by atoms with Gasteiger partial charge in [-0.05, 0) is 57.5 Å². The second kappa shape index (κ2) is 8.51. The smallest absolute Gasteiger partial charge is 0.239 e. The normalized spacial score (nSPS) is 29.3. The van der Waals surface area contributed by atoms with Crippen molar-refractivity contribution in [2.75, 3.05) is 33.2 Å². The minimum atomic E-state index is -0.0647. The van der Waals surface area contributed by atoms with E-state index in [4.69, 9.17) is 0 Å². The van der Waals surface area contributed by atoms with E-state index in [1.54, 1.807) is 0 Å². The molecular formula is C17H31N3O2. The summed E-state index contributed by atoms with van der Waals surface area (Å²) in [5.74, 6) is 1.44. The van der Waals surface area contributed by atoms with Crippen LogP contribution in [0.25, 0.3) is 0 Å². The molecule has 2 aliphatic rings. The second-order valence-electron chi connectivity index (χ2n) is 7.06. The molecule has 5 nitrogen and oxygen atoms in total. The molecule has 0 aromatic heterocycles. The van der Waals surface area contributed by atoms with Gasteiger partial charge in [-0.25, -0.2) is 0 Å². The molecule has 1 atom stereocenters. The van der Waals surface area contributed by atoms with E-state index in [1.165, 1.54) is 6.42 Å². The molecule has 1 aliphatic carbocycles. The molecule has 1 heterocycles. The van der Waals surface area contributed by atoms with Crippen LogP contribution in [0.1, 0.15) is 45.4 Å². The lowest BCUT2D eigenvalue weighted by Gasteiger charge is -2.26. The Hall–Kier alpha value is -1.10. The van der Waals surface area contributed by atoms with Crippen molar-refractivity contribution in [3.63, 3.8) is 0 Å². The summed E-state index contributed by atoms with van der Waals surface area (Å²) >= 11 is 0. The topological polar surface area (TPSA) is 61.4 Å². The number of carbonyl (C=O) groups is 2. The van der Waals surface area contributed by atoms with Gasteiger partial charge in [-0.3, -0.25) is 9.59 Å². The summed E-state index contributed by atoms with van der Waals surface area (Å²) < 4.78 is 0. The molecule has 0 unspecified atom stereocenters. The highest BCUT2D eigenvalue weighted by Gasteiger charge is 2.25. The van der Waals surface area contributed by atoms with Gasteiger partial charge in [0.25, 0.3) is 0 Å². The number of nitrogens with one attached hydrogen (secondary N) is 2. The van der Waals surface area contributed by atoms with Crippen LogP contribution < -0.4 is 10.6 Å². The van der Waals surface area contributed by atoms with Crippen LogP contribution in [0.15, 0.2) is 0 Å². The van der Waals surface area contributed by atoms with Crippen LogP contribution in [0.5, 0.6) is 0 Å². The molecule has 0 bridgehead atoms. The summed E-state index contributed by atoms with van der Waals surface area (Å²) in [4.78, 5) is 26.2. The molecule has 5 heteroatoms. The zero-order chi connectivity index (χ0) is 15.9. The highest BCUT2D eigenvalue weighted by atomic mass is 16.2. The quantitative estimate of drug-likeness (QED) is 0.779. The van der Waals surface area contributed by atoms with E-state index in [1.807, 2.05) is 0 Å². The highest BCUT2D eigenvalue weighted by Crippen LogP contribution is 2.30. The fraction of sp³-hybridized carbons (Fsp3) is 0.882. The molecule has 0 aromatic rings. The van der Waals surface area contributed by atoms with Crippen molar-refractivity contribution in [2.24, 2.45) is 17.8 Å². The molecule has 1 saturated heterocycles. The zero-order valence-corrected chi connectivity index (χ0v) is 14.1. The Bertz CT molecular complexity index is 378. The van der Waals surface area contributed by atoms with E-state index < -0.39 is 0 Å². The van der Waals surface area contributed by atoms with Gasteiger partial charge in [-0.15, -0.1) is 0 Å². The molecule has 0 radical (unpaired) electrons. The van der Waals surface area contributed by atoms with Crippen LogP contribution in [0, 0.1) is 17.8 Å². The zero-order valence-electron chi connectivity index (χ0n) is 14.1. The summed E-state index contributed by atoms with van der Waals surface area (Å²) in [5, 5.41) is 5.75. The van der Waals surface area contributed by atoms with Crippen molar-refractivity contribution in [3.05, 3.63) is 0 Å². The predicted octanol–water partition coefficient (Wildman–Crippen LogP) is 1.39. The molecule has 1 saturated carbocycles. The SMILES string of the molecule is CCC1CCC(C(=O)NCC(=O)NC[C@H]2CCN(C)C2)CC1. The first-order valence-electron chi connectivity index (χ1n) is 8.81. The van der Waals surface area contributed by atoms with Gasteiger partial charge in [0.2, 0.25) is 11.8 Å². The van der Waals surface area contributed by atoms with Gasteiger partial charge in [0.15, 0.2) is 0 Å². The fourth-order valence-corrected chi connectivity index (χ4v) is 3.66. The Morgan fingerprint density at radius 3 is 2.36 bits per heavy atom. The van der Waals surface area contributed by atoms with Crippen molar-refractivity contribution in [3.8, 4) is 0 Å². The summed E-state index contributed by atoms with van der Waals surface area (Å²) in [5.41, 5.74) is 0. The number of carbonyl (C=O) groups excluding carboxylic acids is 2. The standard InChI is InChI=1S/C17H31N3O2/c1-3-13-4-6-15(7-5-13)17(22)19-11-16(21)18-10-14-8-9-20(2)12-14/h13-15H,3-12H2,1-2H3,(H,18,21)(H,19,22)/t13?,14-,15?/m1/s1. The van der Waals surface area contributed by atoms with Crippen LogP contribution in [0.4, 0.5) is 0 Å². The van der Waals surface area contributed by atoms with Crippen LogP contribution in [0.2, 0.25) is 0 Å². The number of rotatable bonds is 6. The van der Waals surface area contributed by atoms with Crippen molar-refractivity contribution < 1.29 is 9.59 Å². The molecule has 2 N–H and O–H groups in total. The third-order valence-corrected chi connectivity index (χ3v) is 5.29. The van der Waals surface area contributed by atoms with E-state index in [0.717, 1.165) is 57.7 Å². The number of hydrogen-bond acceptors (Lipinski definition) is 3. The van der Waals surface area contributed by atoms with Crippen molar-refractivity contribution in [1.29, 1.82) is 0 Å². The van der Waals surface area contributed by atoms with Crippen LogP contribution >= 0.6 is 0 Å². The van der Waals surface area contributed by atoms with Crippen molar-refractivity contribution in [2.45, 2.75) is 45.4 Å². The van der Waals surface area contributed by atoms with Gasteiger partial charge in [0, 0.05) is 19.0 Å². The largest absolute Gasteiger partial charge is 0.354 e. The maximum atomic E-state index is 12.1. The summed E-state index contributed by atoms with van der Waals surface area (Å²) in [6, 6.07) is 0. The summed E-state index contributed by atoms with van der Waals surface area (Å²) in [6.45, 7) is 5.22. The molecular weight excluding hydrogens is 278 g/mol. The molecule has 0 spiro atoms. The van der Waals surface area contributed by atoms with Gasteiger partial charge in [0.05, 0.1) is 6.54 Å². The van der Waals surface area contributed by atoms with Crippen LogP contribution in [-0.4, -0.2) is 49.9 Å². The first kappa shape index (κ1) is 17.3. The van der Waals surface area contributed by atoms with Gasteiger partial charge >= 0.3 is 0 Å². The number of nitrogens with zero attached hydrogens (tertiary/aromatic N) is 1. The van der Waals surface area contributed by atoms with Crippen molar-refractivity contribution >= 4 is 11.8 Å². The van der Waals surface area contributed by atoms with E-state index in [0.29, 0.717) is 5.92 Å². The van der Waals surface area contributed by atoms with Crippen LogP contribution in [-0.2, 0) is 9.59 Å². The monoisotopic (exact) mass is 309 g/mol. The van der Waals surface area contributed by atoms with Crippen molar-refractivity contribution in [1.82, 2.24) is 15.5 Å². The van der Waals surface area contributed by atoms with E-state index in [-0.39, 0.29) is 24.3 Å². The van der Waals surface area contributed by atoms with Gasteiger partial charge < -0.3 is 15.5 Å². The summed E-state index contributed by atoms with van der Waals surface area (Å²) in [7, 11) is 2.11. The third-order valence-electron chi connectivity index (χ3n) is 5.29. The Balaban J connectivity index is 1.58. The Kier molecular flexibility index (Phi) is 6.68. The molecule has 2 amide bonds. The lowest BCUT2D eigenvalue weighted by Crippen LogP contribution is -2.41. The van der Waals surface area contributed by atoms with Gasteiger partial charge in [0.1, 0.15) is 0 Å². The maximum absolute atomic E-state index is 12.1. The molecule has 0 aromatic carbocycles. The average molecular weight is 309 g/mol. The fourth-order valence-electron chi connectivity index (χ4n) is 3.66. The number of amides is 2. The van der Waals surface area contributed by atoms with Gasteiger partial charge in [-0.2, -0.15) is 0 Å². The van der Waals surface area contributed by atoms with E-state index in [2.05, 4.69) is 29.5 Å². The summed E-state index contributed by atoms with van der Waals surface area (Å²) in [6.07, 6.45) is 6.60. The molecule has 2 rings (SSSR count). The van der Waals surface area contributed by atoms with Gasteiger partial charge in [-0.1, -0.05) is 13.3 Å². The average Bonchev–Trinajstić information content (AvgIpc) is 2.96. The third kappa shape index (κ3) is 5.27. The highest BCUT2D eigenvalue weighted by molar-refractivity contribution is 5.85. The molecule has 2 fully saturated rings. The lowest BCUT2D eigenvalue weighted by atomic mass is 9.80. The Morgan fingerprint density at radius 1 is 1.05 bits per heavy atom. The lowest BCUT2D eigenvalue weighted by molar-refractivity contribution is -0.129. The Labute approximate surface area is 134 Å². The minimum Gasteiger partial charge on any atom is -0.354 e. The molecule has 126 valence electrons. The predicted molar refractivity (Wildman–Crippen MR) is 87.4 cm³/mol. The number of likely N-dealkylation sites (tertiary alicyclic amines) is 1. The maximum Gasteiger partial charge on any atom is 0.239 e. The van der Waals surface area contributed by atoms with E-state index in [9.17, 15) is 9.59 Å². The Morgan fingerprint density at radius 2 is 1.77 bits per heavy atom. The minimum absolute atomic E-state index is 0.0605. The molecule has 22 heavy (non-hydrogen) atoms. The number of hydrogen-bond donors (Lipinski definition) is 2. The van der Waals surface area contributed by atoms with E-state index >= 15 is 0 Å². The first-order chi connectivity index (χ1) is 10.6. The van der Waals surface area contributed by atoms with Crippen LogP contribution in [0.3, 0.4) is 0 Å². The second-order valence-corrected chi connectivity index (χ2v) is 7.06. The molecule has 1 aliphatic heterocycles. The first-order valence-corrected chi connectivity index (χ1v) is 8.81.